The molecule has 4 rings (SSSR count). The van der Waals surface area contributed by atoms with Crippen molar-refractivity contribution in [2.24, 2.45) is 0 Å². The lowest BCUT2D eigenvalue weighted by molar-refractivity contribution is -0.0560. The first-order valence-electron chi connectivity index (χ1n) is 11.0. The minimum atomic E-state index is -0.277. The molecule has 164 valence electrons. The highest BCUT2D eigenvalue weighted by Crippen LogP contribution is 2.34. The van der Waals surface area contributed by atoms with Crippen LogP contribution < -0.4 is 10.4 Å². The first kappa shape index (κ1) is 21.3. The van der Waals surface area contributed by atoms with E-state index in [4.69, 9.17) is 9.47 Å². The average molecular weight is 423 g/mol. The number of H-pyrrole nitrogens is 2. The highest BCUT2D eigenvalue weighted by atomic mass is 16.5. The zero-order chi connectivity index (χ0) is 21.5. The van der Waals surface area contributed by atoms with Gasteiger partial charge < -0.3 is 9.47 Å². The van der Waals surface area contributed by atoms with Crippen LogP contribution in [0.3, 0.4) is 0 Å². The van der Waals surface area contributed by atoms with Crippen LogP contribution in [0, 0.1) is 0 Å². The topological polar surface area (TPSA) is 83.2 Å². The number of aromatic amines is 2. The summed E-state index contributed by atoms with van der Waals surface area (Å²) in [6.07, 6.45) is 3.04. The highest BCUT2D eigenvalue weighted by molar-refractivity contribution is 5.28. The summed E-state index contributed by atoms with van der Waals surface area (Å²) in [5.41, 5.74) is 2.04. The summed E-state index contributed by atoms with van der Waals surface area (Å²) in [6.45, 7) is 4.84. The van der Waals surface area contributed by atoms with Crippen LogP contribution in [0.15, 0.2) is 59.4 Å². The third kappa shape index (κ3) is 5.62. The van der Waals surface area contributed by atoms with Crippen molar-refractivity contribution < 1.29 is 9.47 Å². The molecule has 1 saturated heterocycles. The van der Waals surface area contributed by atoms with Crippen molar-refractivity contribution in [3.05, 3.63) is 82.0 Å². The van der Waals surface area contributed by atoms with E-state index in [9.17, 15) is 4.79 Å². The quantitative estimate of drug-likeness (QED) is 0.548. The molecule has 2 N–H and O–H groups in total. The van der Waals surface area contributed by atoms with Gasteiger partial charge in [-0.2, -0.15) is 5.10 Å². The Morgan fingerprint density at radius 2 is 2.03 bits per heavy atom. The summed E-state index contributed by atoms with van der Waals surface area (Å²) in [5, 5.41) is 6.56. The van der Waals surface area contributed by atoms with Gasteiger partial charge in [0.15, 0.2) is 0 Å². The molecule has 7 nitrogen and oxygen atoms in total. The summed E-state index contributed by atoms with van der Waals surface area (Å²) in [4.78, 5) is 16.6. The number of hydrogen-bond acceptors (Lipinski definition) is 5. The molecule has 0 aliphatic carbocycles. The van der Waals surface area contributed by atoms with Gasteiger partial charge in [0.05, 0.1) is 31.9 Å². The highest BCUT2D eigenvalue weighted by Gasteiger charge is 2.33. The molecule has 0 saturated carbocycles. The van der Waals surface area contributed by atoms with Crippen LogP contribution in [0.5, 0.6) is 5.75 Å². The van der Waals surface area contributed by atoms with E-state index in [0.29, 0.717) is 25.6 Å². The van der Waals surface area contributed by atoms with E-state index in [1.54, 1.807) is 0 Å². The van der Waals surface area contributed by atoms with Gasteiger partial charge in [0, 0.05) is 0 Å². The molecule has 0 bridgehead atoms. The number of aromatic nitrogens is 3. The van der Waals surface area contributed by atoms with E-state index < -0.39 is 0 Å². The third-order valence-electron chi connectivity index (χ3n) is 5.56. The summed E-state index contributed by atoms with van der Waals surface area (Å²) >= 11 is 0. The van der Waals surface area contributed by atoms with Gasteiger partial charge in [-0.05, 0) is 49.1 Å². The second-order valence-corrected chi connectivity index (χ2v) is 7.94. The SMILES string of the molecule is CCCOc1cccc(CO[C@H]2CCCN(Cc3n[nH]c(=O)[nH]3)[C@H]2c2ccccc2)c1. The number of nitrogens with zero attached hydrogens (tertiary/aromatic N) is 2. The average Bonchev–Trinajstić information content (AvgIpc) is 3.21. The third-order valence-corrected chi connectivity index (χ3v) is 5.56. The van der Waals surface area contributed by atoms with Gasteiger partial charge in [-0.3, -0.25) is 9.88 Å². The summed E-state index contributed by atoms with van der Waals surface area (Å²) in [6, 6.07) is 18.7. The smallest absolute Gasteiger partial charge is 0.340 e. The Balaban J connectivity index is 1.50. The van der Waals surface area contributed by atoms with E-state index >= 15 is 0 Å². The van der Waals surface area contributed by atoms with Gasteiger partial charge in [0.1, 0.15) is 11.6 Å². The standard InChI is InChI=1S/C24H30N4O3/c1-2-14-30-20-11-6-8-18(15-20)17-31-21-12-7-13-28(16-22-25-24(29)27-26-22)23(21)19-9-4-3-5-10-19/h3-6,8-11,15,21,23H,2,7,12-14,16-17H2,1H3,(H2,25,26,27,29)/t21-,23-/m0/s1. The minimum Gasteiger partial charge on any atom is -0.494 e. The number of hydrogen-bond donors (Lipinski definition) is 2. The Morgan fingerprint density at radius 1 is 1.16 bits per heavy atom. The van der Waals surface area contributed by atoms with Crippen LogP contribution in [0.2, 0.25) is 0 Å². The van der Waals surface area contributed by atoms with Gasteiger partial charge in [0.2, 0.25) is 0 Å². The predicted molar refractivity (Wildman–Crippen MR) is 119 cm³/mol. The predicted octanol–water partition coefficient (Wildman–Crippen LogP) is 3.81. The summed E-state index contributed by atoms with van der Waals surface area (Å²) in [7, 11) is 0. The number of nitrogens with one attached hydrogen (secondary N) is 2. The number of benzene rings is 2. The van der Waals surface area contributed by atoms with Crippen molar-refractivity contribution in [3.63, 3.8) is 0 Å². The number of rotatable bonds is 9. The molecule has 0 spiro atoms. The first-order valence-corrected chi connectivity index (χ1v) is 11.0. The zero-order valence-electron chi connectivity index (χ0n) is 17.9. The first-order chi connectivity index (χ1) is 15.2. The molecule has 3 aromatic rings. The second kappa shape index (κ2) is 10.4. The van der Waals surface area contributed by atoms with Crippen molar-refractivity contribution in [1.82, 2.24) is 20.1 Å². The Kier molecular flexibility index (Phi) is 7.17. The molecule has 1 aliphatic rings. The maximum Gasteiger partial charge on any atom is 0.340 e. The van der Waals surface area contributed by atoms with Crippen molar-refractivity contribution in [2.75, 3.05) is 13.2 Å². The molecule has 2 atom stereocenters. The van der Waals surface area contributed by atoms with E-state index in [1.165, 1.54) is 5.56 Å². The van der Waals surface area contributed by atoms with Crippen LogP contribution in [0.4, 0.5) is 0 Å². The van der Waals surface area contributed by atoms with Gasteiger partial charge >= 0.3 is 5.69 Å². The van der Waals surface area contributed by atoms with Crippen LogP contribution in [0.25, 0.3) is 0 Å². The van der Waals surface area contributed by atoms with E-state index in [1.807, 2.05) is 18.2 Å². The molecule has 2 aromatic carbocycles. The maximum atomic E-state index is 11.5. The fraction of sp³-hybridized carbons (Fsp3) is 0.417. The van der Waals surface area contributed by atoms with Crippen molar-refractivity contribution in [1.29, 1.82) is 0 Å². The Bertz CT molecular complexity index is 1000. The van der Waals surface area contributed by atoms with Crippen molar-refractivity contribution in [2.45, 2.75) is 51.5 Å². The lowest BCUT2D eigenvalue weighted by Crippen LogP contribution is -2.42. The lowest BCUT2D eigenvalue weighted by atomic mass is 9.92. The molecule has 0 amide bonds. The summed E-state index contributed by atoms with van der Waals surface area (Å²) < 4.78 is 12.2. The van der Waals surface area contributed by atoms with Gasteiger partial charge in [-0.15, -0.1) is 0 Å². The van der Waals surface area contributed by atoms with E-state index in [2.05, 4.69) is 63.4 Å². The normalized spacial score (nSPS) is 19.4. The van der Waals surface area contributed by atoms with Gasteiger partial charge in [-0.1, -0.05) is 49.4 Å². The van der Waals surface area contributed by atoms with Crippen LogP contribution in [-0.2, 0) is 17.9 Å². The molecule has 2 heterocycles. The molecule has 0 unspecified atom stereocenters. The maximum absolute atomic E-state index is 11.5. The lowest BCUT2D eigenvalue weighted by Gasteiger charge is -2.41. The van der Waals surface area contributed by atoms with E-state index in [0.717, 1.165) is 37.1 Å². The van der Waals surface area contributed by atoms with Crippen LogP contribution >= 0.6 is 0 Å². The molecule has 0 radical (unpaired) electrons. The zero-order valence-corrected chi connectivity index (χ0v) is 17.9. The molecule has 1 fully saturated rings. The second-order valence-electron chi connectivity index (χ2n) is 7.94. The molecule has 7 heteroatoms. The number of piperidine rings is 1. The Labute approximate surface area is 182 Å². The molecule has 31 heavy (non-hydrogen) atoms. The molecular formula is C24H30N4O3. The van der Waals surface area contributed by atoms with E-state index in [-0.39, 0.29) is 17.8 Å². The fourth-order valence-corrected chi connectivity index (χ4v) is 4.18. The number of likely N-dealkylation sites (tertiary alicyclic amines) is 1. The van der Waals surface area contributed by atoms with Crippen LogP contribution in [0.1, 0.15) is 49.2 Å². The molecule has 1 aromatic heterocycles. The molecular weight excluding hydrogens is 392 g/mol. The van der Waals surface area contributed by atoms with Crippen molar-refractivity contribution >= 4 is 0 Å². The number of ether oxygens (including phenoxy) is 2. The minimum absolute atomic E-state index is 0.0435. The largest absolute Gasteiger partial charge is 0.494 e. The van der Waals surface area contributed by atoms with Gasteiger partial charge in [0.25, 0.3) is 0 Å². The summed E-state index contributed by atoms with van der Waals surface area (Å²) in [5.74, 6) is 1.53. The monoisotopic (exact) mass is 422 g/mol. The Morgan fingerprint density at radius 3 is 2.81 bits per heavy atom. The fourth-order valence-electron chi connectivity index (χ4n) is 4.18. The van der Waals surface area contributed by atoms with Crippen LogP contribution in [-0.4, -0.2) is 39.3 Å². The molecule has 1 aliphatic heterocycles. The van der Waals surface area contributed by atoms with Gasteiger partial charge in [-0.25, -0.2) is 9.89 Å². The van der Waals surface area contributed by atoms with Crippen molar-refractivity contribution in [3.8, 4) is 5.75 Å². The Hall–Kier alpha value is -2.90.